The number of hydrogen-bond acceptors (Lipinski definition) is 6. The topological polar surface area (TPSA) is 83.2 Å². The van der Waals surface area contributed by atoms with Crippen molar-refractivity contribution in [2.75, 3.05) is 33.8 Å². The van der Waals surface area contributed by atoms with Crippen molar-refractivity contribution in [3.8, 4) is 5.75 Å². The molecule has 1 aromatic heterocycles. The maximum atomic E-state index is 12.7. The smallest absolute Gasteiger partial charge is 0.336 e. The van der Waals surface area contributed by atoms with E-state index in [1.165, 1.54) is 6.07 Å². The molecular weight excluding hydrogens is 372 g/mol. The maximum absolute atomic E-state index is 12.7. The summed E-state index contributed by atoms with van der Waals surface area (Å²) in [5.41, 5.74) is 0.938. The lowest BCUT2D eigenvalue weighted by Gasteiger charge is -2.38. The zero-order valence-corrected chi connectivity index (χ0v) is 17.1. The fraction of sp³-hybridized carbons (Fsp3) is 0.545. The van der Waals surface area contributed by atoms with Crippen LogP contribution in [0.5, 0.6) is 5.75 Å². The molecule has 2 aromatic rings. The van der Waals surface area contributed by atoms with E-state index in [9.17, 15) is 14.7 Å². The summed E-state index contributed by atoms with van der Waals surface area (Å²) in [6.45, 7) is 3.23. The second kappa shape index (κ2) is 7.80. The van der Waals surface area contributed by atoms with Crippen LogP contribution in [-0.4, -0.2) is 66.8 Å². The Hall–Kier alpha value is -2.38. The highest BCUT2D eigenvalue weighted by atomic mass is 16.5. The summed E-state index contributed by atoms with van der Waals surface area (Å²) in [6, 6.07) is 6.79. The maximum Gasteiger partial charge on any atom is 0.336 e. The number of aryl methyl sites for hydroxylation is 1. The van der Waals surface area contributed by atoms with Crippen LogP contribution in [-0.2, 0) is 4.79 Å². The van der Waals surface area contributed by atoms with Gasteiger partial charge in [-0.1, -0.05) is 0 Å². The van der Waals surface area contributed by atoms with Gasteiger partial charge in [-0.3, -0.25) is 4.79 Å². The van der Waals surface area contributed by atoms with Crippen molar-refractivity contribution in [3.63, 3.8) is 0 Å². The van der Waals surface area contributed by atoms with E-state index in [1.54, 1.807) is 18.2 Å². The molecule has 2 aliphatic rings. The number of rotatable bonds is 4. The Morgan fingerprint density at radius 3 is 2.69 bits per heavy atom. The van der Waals surface area contributed by atoms with Gasteiger partial charge in [0.1, 0.15) is 11.3 Å². The molecule has 1 aliphatic heterocycles. The first-order valence-electron chi connectivity index (χ1n) is 10.1. The Morgan fingerprint density at radius 2 is 1.97 bits per heavy atom. The fourth-order valence-electron chi connectivity index (χ4n) is 4.79. The number of aliphatic hydroxyl groups is 1. The van der Waals surface area contributed by atoms with Crippen LogP contribution in [0.2, 0.25) is 0 Å². The van der Waals surface area contributed by atoms with E-state index in [-0.39, 0.29) is 30.3 Å². The van der Waals surface area contributed by atoms with Crippen LogP contribution in [0, 0.1) is 18.8 Å². The fourth-order valence-corrected chi connectivity index (χ4v) is 4.79. The SMILES string of the molecule is Cc1cc(=O)oc2ccc(OCC(=O)N3C[C@H]4C[C@@H](N(C)C)[C@H](O)C[C@H]4C3)cc12. The van der Waals surface area contributed by atoms with Gasteiger partial charge in [-0.15, -0.1) is 0 Å². The van der Waals surface area contributed by atoms with Crippen molar-refractivity contribution in [3.05, 3.63) is 40.2 Å². The van der Waals surface area contributed by atoms with Gasteiger partial charge >= 0.3 is 5.63 Å². The van der Waals surface area contributed by atoms with Crippen LogP contribution in [0.3, 0.4) is 0 Å². The van der Waals surface area contributed by atoms with Gasteiger partial charge in [-0.2, -0.15) is 0 Å². The first-order chi connectivity index (χ1) is 13.8. The molecule has 2 fully saturated rings. The number of amides is 1. The molecule has 1 amide bonds. The summed E-state index contributed by atoms with van der Waals surface area (Å²) in [5, 5.41) is 11.2. The third-order valence-corrected chi connectivity index (χ3v) is 6.41. The van der Waals surface area contributed by atoms with Crippen LogP contribution in [0.4, 0.5) is 0 Å². The minimum absolute atomic E-state index is 0.0273. The van der Waals surface area contributed by atoms with E-state index < -0.39 is 0 Å². The number of ether oxygens (including phenoxy) is 1. The Kier molecular flexibility index (Phi) is 5.36. The Balaban J connectivity index is 1.38. The molecule has 0 radical (unpaired) electrons. The van der Waals surface area contributed by atoms with E-state index in [0.29, 0.717) is 29.7 Å². The number of nitrogens with zero attached hydrogens (tertiary/aromatic N) is 2. The van der Waals surface area contributed by atoms with Gasteiger partial charge in [0.2, 0.25) is 0 Å². The van der Waals surface area contributed by atoms with E-state index in [2.05, 4.69) is 4.90 Å². The molecule has 1 aromatic carbocycles. The normalized spacial score (nSPS) is 26.7. The summed E-state index contributed by atoms with van der Waals surface area (Å²) in [7, 11) is 3.99. The molecule has 2 heterocycles. The highest BCUT2D eigenvalue weighted by molar-refractivity contribution is 5.82. The van der Waals surface area contributed by atoms with Gasteiger partial charge in [0.25, 0.3) is 5.91 Å². The number of benzene rings is 1. The molecule has 1 aliphatic carbocycles. The second-order valence-electron chi connectivity index (χ2n) is 8.58. The Morgan fingerprint density at radius 1 is 1.24 bits per heavy atom. The van der Waals surface area contributed by atoms with E-state index in [0.717, 1.165) is 30.3 Å². The minimum Gasteiger partial charge on any atom is -0.484 e. The Labute approximate surface area is 169 Å². The van der Waals surface area contributed by atoms with Crippen LogP contribution in [0.25, 0.3) is 11.0 Å². The zero-order chi connectivity index (χ0) is 20.7. The van der Waals surface area contributed by atoms with Crippen LogP contribution in [0.15, 0.2) is 33.5 Å². The average Bonchev–Trinajstić information content (AvgIpc) is 3.08. The first kappa shape index (κ1) is 19.9. The number of hydrogen-bond donors (Lipinski definition) is 1. The Bertz CT molecular complexity index is 969. The number of likely N-dealkylation sites (tertiary alicyclic amines) is 1. The first-order valence-corrected chi connectivity index (χ1v) is 10.1. The summed E-state index contributed by atoms with van der Waals surface area (Å²) in [5.74, 6) is 1.33. The molecule has 4 atom stereocenters. The minimum atomic E-state index is -0.379. The van der Waals surface area contributed by atoms with Crippen molar-refractivity contribution >= 4 is 16.9 Å². The van der Waals surface area contributed by atoms with Gasteiger partial charge < -0.3 is 24.1 Å². The van der Waals surface area contributed by atoms with E-state index in [4.69, 9.17) is 9.15 Å². The number of likely N-dealkylation sites (N-methyl/N-ethyl adjacent to an activating group) is 1. The van der Waals surface area contributed by atoms with Gasteiger partial charge in [-0.05, 0) is 69.5 Å². The van der Waals surface area contributed by atoms with E-state index >= 15 is 0 Å². The largest absolute Gasteiger partial charge is 0.484 e. The van der Waals surface area contributed by atoms with E-state index in [1.807, 2.05) is 25.9 Å². The quantitative estimate of drug-likeness (QED) is 0.786. The van der Waals surface area contributed by atoms with Crippen molar-refractivity contribution in [2.24, 2.45) is 11.8 Å². The average molecular weight is 400 g/mol. The van der Waals surface area contributed by atoms with Gasteiger partial charge in [0.05, 0.1) is 6.10 Å². The lowest BCUT2D eigenvalue weighted by molar-refractivity contribution is -0.132. The zero-order valence-electron chi connectivity index (χ0n) is 17.1. The highest BCUT2D eigenvalue weighted by Gasteiger charge is 2.43. The molecule has 29 heavy (non-hydrogen) atoms. The summed E-state index contributed by atoms with van der Waals surface area (Å²) >= 11 is 0. The van der Waals surface area contributed by atoms with Crippen LogP contribution < -0.4 is 10.4 Å². The van der Waals surface area contributed by atoms with Crippen LogP contribution >= 0.6 is 0 Å². The third-order valence-electron chi connectivity index (χ3n) is 6.41. The summed E-state index contributed by atoms with van der Waals surface area (Å²) < 4.78 is 10.9. The summed E-state index contributed by atoms with van der Waals surface area (Å²) in [6.07, 6.45) is 1.32. The van der Waals surface area contributed by atoms with Crippen LogP contribution in [0.1, 0.15) is 18.4 Å². The number of aliphatic hydroxyl groups excluding tert-OH is 1. The molecule has 1 saturated carbocycles. The molecule has 1 N–H and O–H groups in total. The van der Waals surface area contributed by atoms with Crippen molar-refractivity contribution < 1.29 is 19.1 Å². The number of fused-ring (bicyclic) bond motifs is 2. The second-order valence-corrected chi connectivity index (χ2v) is 8.58. The lowest BCUT2D eigenvalue weighted by atomic mass is 9.77. The van der Waals surface area contributed by atoms with Crippen molar-refractivity contribution in [1.82, 2.24) is 9.80 Å². The summed E-state index contributed by atoms with van der Waals surface area (Å²) in [4.78, 5) is 28.1. The lowest BCUT2D eigenvalue weighted by Crippen LogP contribution is -2.46. The molecule has 7 heteroatoms. The molecule has 0 unspecified atom stereocenters. The van der Waals surface area contributed by atoms with Gasteiger partial charge in [0, 0.05) is 30.6 Å². The highest BCUT2D eigenvalue weighted by Crippen LogP contribution is 2.37. The number of carbonyl (C=O) groups is 1. The standard InChI is InChI=1S/C22H28N2O5/c1-13-6-22(27)29-20-5-4-16(9-17(13)20)28-12-21(26)24-10-14-7-18(23(2)3)19(25)8-15(14)11-24/h4-6,9,14-15,18-19,25H,7-8,10-12H2,1-3H3/t14-,15+,18-,19-/m1/s1. The molecule has 156 valence electrons. The van der Waals surface area contributed by atoms with Crippen molar-refractivity contribution in [1.29, 1.82) is 0 Å². The molecule has 0 spiro atoms. The third kappa shape index (κ3) is 4.02. The molecule has 1 saturated heterocycles. The molecule has 0 bridgehead atoms. The van der Waals surface area contributed by atoms with Crippen molar-refractivity contribution in [2.45, 2.75) is 31.9 Å². The predicted molar refractivity (Wildman–Crippen MR) is 109 cm³/mol. The monoisotopic (exact) mass is 400 g/mol. The number of carbonyl (C=O) groups excluding carboxylic acids is 1. The molecular formula is C22H28N2O5. The van der Waals surface area contributed by atoms with Gasteiger partial charge in [-0.25, -0.2) is 4.79 Å². The molecule has 4 rings (SSSR count). The van der Waals surface area contributed by atoms with Gasteiger partial charge in [0.15, 0.2) is 6.61 Å². The molecule has 7 nitrogen and oxygen atoms in total. The predicted octanol–water partition coefficient (Wildman–Crippen LogP) is 1.64.